The number of nitrogens with two attached hydrogens (primary N) is 1. The van der Waals surface area contributed by atoms with Crippen LogP contribution in [0.5, 0.6) is 0 Å². The molecule has 19 heavy (non-hydrogen) atoms. The second-order valence-corrected chi connectivity index (χ2v) is 5.49. The number of anilines is 1. The van der Waals surface area contributed by atoms with Crippen LogP contribution in [0.15, 0.2) is 22.7 Å². The molecule has 1 rings (SSSR count). The van der Waals surface area contributed by atoms with E-state index < -0.39 is 0 Å². The number of benzene rings is 1. The number of hydrogen-bond acceptors (Lipinski definition) is 3. The number of hydrogen-bond donors (Lipinski definition) is 1. The zero-order valence-electron chi connectivity index (χ0n) is 12.2. The van der Waals surface area contributed by atoms with Crippen molar-refractivity contribution in [2.24, 2.45) is 5.73 Å². The van der Waals surface area contributed by atoms with Gasteiger partial charge in [-0.3, -0.25) is 0 Å². The van der Waals surface area contributed by atoms with Gasteiger partial charge in [0.15, 0.2) is 0 Å². The molecule has 0 aliphatic carbocycles. The van der Waals surface area contributed by atoms with Gasteiger partial charge in [-0.2, -0.15) is 0 Å². The SMILES string of the molecule is CCC(CC)N(CCOC)c1ccc(CN)c(Br)c1. The van der Waals surface area contributed by atoms with Gasteiger partial charge in [-0.25, -0.2) is 0 Å². The first-order valence-electron chi connectivity index (χ1n) is 6.91. The van der Waals surface area contributed by atoms with E-state index >= 15 is 0 Å². The summed E-state index contributed by atoms with van der Waals surface area (Å²) in [4.78, 5) is 2.43. The highest BCUT2D eigenvalue weighted by Crippen LogP contribution is 2.26. The fraction of sp³-hybridized carbons (Fsp3) is 0.600. The number of methoxy groups -OCH3 is 1. The summed E-state index contributed by atoms with van der Waals surface area (Å²) >= 11 is 3.60. The van der Waals surface area contributed by atoms with Crippen molar-refractivity contribution >= 4 is 21.6 Å². The van der Waals surface area contributed by atoms with Crippen molar-refractivity contribution in [2.45, 2.75) is 39.3 Å². The van der Waals surface area contributed by atoms with Crippen LogP contribution in [0.3, 0.4) is 0 Å². The zero-order chi connectivity index (χ0) is 14.3. The number of rotatable bonds is 8. The van der Waals surface area contributed by atoms with E-state index in [0.717, 1.165) is 36.0 Å². The molecule has 0 saturated heterocycles. The Morgan fingerprint density at radius 3 is 2.47 bits per heavy atom. The molecule has 0 radical (unpaired) electrons. The highest BCUT2D eigenvalue weighted by molar-refractivity contribution is 9.10. The first-order valence-corrected chi connectivity index (χ1v) is 7.71. The van der Waals surface area contributed by atoms with Crippen molar-refractivity contribution < 1.29 is 4.74 Å². The summed E-state index contributed by atoms with van der Waals surface area (Å²) < 4.78 is 6.32. The van der Waals surface area contributed by atoms with Gasteiger partial charge < -0.3 is 15.4 Å². The van der Waals surface area contributed by atoms with Crippen LogP contribution in [0.1, 0.15) is 32.3 Å². The quantitative estimate of drug-likeness (QED) is 0.793. The van der Waals surface area contributed by atoms with Crippen LogP contribution in [0, 0.1) is 0 Å². The van der Waals surface area contributed by atoms with Gasteiger partial charge in [-0.05, 0) is 30.5 Å². The molecule has 108 valence electrons. The summed E-state index contributed by atoms with van der Waals surface area (Å²) in [5.41, 5.74) is 8.08. The predicted octanol–water partition coefficient (Wildman–Crippen LogP) is 3.55. The zero-order valence-corrected chi connectivity index (χ0v) is 13.7. The molecular weight excluding hydrogens is 304 g/mol. The van der Waals surface area contributed by atoms with Crippen molar-refractivity contribution in [3.8, 4) is 0 Å². The molecule has 0 aliphatic rings. The number of ether oxygens (including phenoxy) is 1. The maximum absolute atomic E-state index is 5.71. The molecule has 0 aliphatic heterocycles. The lowest BCUT2D eigenvalue weighted by Crippen LogP contribution is -2.37. The minimum absolute atomic E-state index is 0.547. The molecule has 0 aromatic heterocycles. The van der Waals surface area contributed by atoms with Gasteiger partial charge in [0.2, 0.25) is 0 Å². The molecule has 0 saturated carbocycles. The second kappa shape index (κ2) is 8.56. The third-order valence-electron chi connectivity index (χ3n) is 3.51. The molecule has 3 nitrogen and oxygen atoms in total. The van der Waals surface area contributed by atoms with Crippen LogP contribution in [0.25, 0.3) is 0 Å². The smallest absolute Gasteiger partial charge is 0.0637 e. The maximum Gasteiger partial charge on any atom is 0.0637 e. The van der Waals surface area contributed by atoms with Crippen molar-refractivity contribution in [3.63, 3.8) is 0 Å². The summed E-state index contributed by atoms with van der Waals surface area (Å²) in [5.74, 6) is 0. The summed E-state index contributed by atoms with van der Waals surface area (Å²) in [6, 6.07) is 6.96. The molecule has 0 atom stereocenters. The third kappa shape index (κ3) is 4.48. The lowest BCUT2D eigenvalue weighted by Gasteiger charge is -2.33. The van der Waals surface area contributed by atoms with Crippen molar-refractivity contribution in [3.05, 3.63) is 28.2 Å². The Labute approximate surface area is 125 Å². The average Bonchev–Trinajstić information content (AvgIpc) is 2.43. The van der Waals surface area contributed by atoms with E-state index in [9.17, 15) is 0 Å². The highest BCUT2D eigenvalue weighted by Gasteiger charge is 2.16. The third-order valence-corrected chi connectivity index (χ3v) is 4.25. The lowest BCUT2D eigenvalue weighted by molar-refractivity contribution is 0.202. The van der Waals surface area contributed by atoms with E-state index in [2.05, 4.69) is 52.9 Å². The highest BCUT2D eigenvalue weighted by atomic mass is 79.9. The van der Waals surface area contributed by atoms with E-state index in [1.807, 2.05) is 0 Å². The molecule has 0 bridgehead atoms. The largest absolute Gasteiger partial charge is 0.383 e. The fourth-order valence-corrected chi connectivity index (χ4v) is 2.85. The van der Waals surface area contributed by atoms with E-state index in [1.165, 1.54) is 5.69 Å². The normalized spacial score (nSPS) is 11.1. The molecule has 0 fully saturated rings. The van der Waals surface area contributed by atoms with Gasteiger partial charge in [-0.1, -0.05) is 35.8 Å². The summed E-state index contributed by atoms with van der Waals surface area (Å²) in [5, 5.41) is 0. The van der Waals surface area contributed by atoms with E-state index in [1.54, 1.807) is 7.11 Å². The summed E-state index contributed by atoms with van der Waals surface area (Å²) in [6.07, 6.45) is 2.27. The van der Waals surface area contributed by atoms with Crippen molar-refractivity contribution in [2.75, 3.05) is 25.2 Å². The second-order valence-electron chi connectivity index (χ2n) is 4.64. The van der Waals surface area contributed by atoms with Gasteiger partial charge in [0.1, 0.15) is 0 Å². The van der Waals surface area contributed by atoms with Crippen molar-refractivity contribution in [1.29, 1.82) is 0 Å². The Morgan fingerprint density at radius 1 is 1.32 bits per heavy atom. The standard InChI is InChI=1S/C15H25BrN2O/c1-4-13(5-2)18(8-9-19-3)14-7-6-12(11-17)15(16)10-14/h6-7,10,13H,4-5,8-9,11,17H2,1-3H3. The van der Waals surface area contributed by atoms with Crippen LogP contribution in [0.2, 0.25) is 0 Å². The Balaban J connectivity index is 2.98. The molecule has 0 heterocycles. The Hall–Kier alpha value is -0.580. The van der Waals surface area contributed by atoms with E-state index in [4.69, 9.17) is 10.5 Å². The Kier molecular flexibility index (Phi) is 7.42. The first kappa shape index (κ1) is 16.5. The minimum atomic E-state index is 0.547. The molecular formula is C15H25BrN2O. The Morgan fingerprint density at radius 2 is 2.00 bits per heavy atom. The molecule has 4 heteroatoms. The molecule has 0 spiro atoms. The molecule has 2 N–H and O–H groups in total. The lowest BCUT2D eigenvalue weighted by atomic mass is 10.1. The van der Waals surface area contributed by atoms with Crippen LogP contribution in [0.4, 0.5) is 5.69 Å². The van der Waals surface area contributed by atoms with Gasteiger partial charge in [-0.15, -0.1) is 0 Å². The van der Waals surface area contributed by atoms with Crippen molar-refractivity contribution in [1.82, 2.24) is 0 Å². The molecule has 0 unspecified atom stereocenters. The Bertz CT molecular complexity index is 380. The first-order chi connectivity index (χ1) is 9.17. The molecule has 0 amide bonds. The van der Waals surface area contributed by atoms with Gasteiger partial charge in [0.25, 0.3) is 0 Å². The van der Waals surface area contributed by atoms with Crippen LogP contribution in [-0.2, 0) is 11.3 Å². The van der Waals surface area contributed by atoms with Gasteiger partial charge >= 0.3 is 0 Å². The topological polar surface area (TPSA) is 38.5 Å². The summed E-state index contributed by atoms with van der Waals surface area (Å²) in [6.45, 7) is 6.68. The summed E-state index contributed by atoms with van der Waals surface area (Å²) in [7, 11) is 1.75. The average molecular weight is 329 g/mol. The van der Waals surface area contributed by atoms with Gasteiger partial charge in [0.05, 0.1) is 6.61 Å². The minimum Gasteiger partial charge on any atom is -0.383 e. The monoisotopic (exact) mass is 328 g/mol. The predicted molar refractivity (Wildman–Crippen MR) is 85.6 cm³/mol. The van der Waals surface area contributed by atoms with Crippen LogP contribution >= 0.6 is 15.9 Å². The fourth-order valence-electron chi connectivity index (χ4n) is 2.32. The molecule has 1 aromatic rings. The molecule has 1 aromatic carbocycles. The maximum atomic E-state index is 5.71. The number of nitrogens with zero attached hydrogens (tertiary/aromatic N) is 1. The number of halogens is 1. The van der Waals surface area contributed by atoms with E-state index in [0.29, 0.717) is 12.6 Å². The van der Waals surface area contributed by atoms with Crippen LogP contribution in [-0.4, -0.2) is 26.3 Å². The van der Waals surface area contributed by atoms with Gasteiger partial charge in [0, 0.05) is 36.4 Å². The van der Waals surface area contributed by atoms with E-state index in [-0.39, 0.29) is 0 Å². The van der Waals surface area contributed by atoms with Crippen LogP contribution < -0.4 is 10.6 Å².